The van der Waals surface area contributed by atoms with Crippen molar-refractivity contribution in [1.29, 1.82) is 0 Å². The molecule has 0 radical (unpaired) electrons. The molecule has 0 spiro atoms. The highest BCUT2D eigenvalue weighted by atomic mass is 35.5. The van der Waals surface area contributed by atoms with E-state index in [9.17, 15) is 5.11 Å². The second-order valence-corrected chi connectivity index (χ2v) is 3.82. The standard InChI is InChI=1S/C9H12ClNO/c10-8-5-4-6-2-1-3-7(12)9(6)11-8/h7,12H,1-5H2. The van der Waals surface area contributed by atoms with Gasteiger partial charge in [0, 0.05) is 6.42 Å². The van der Waals surface area contributed by atoms with Gasteiger partial charge in [0.2, 0.25) is 0 Å². The lowest BCUT2D eigenvalue weighted by Gasteiger charge is -2.25. The lowest BCUT2D eigenvalue weighted by atomic mass is 9.90. The van der Waals surface area contributed by atoms with Crippen LogP contribution in [0.2, 0.25) is 0 Å². The molecule has 1 heterocycles. The minimum Gasteiger partial charge on any atom is -0.387 e. The van der Waals surface area contributed by atoms with E-state index in [4.69, 9.17) is 11.6 Å². The van der Waals surface area contributed by atoms with Crippen molar-refractivity contribution in [3.05, 3.63) is 11.3 Å². The molecule has 0 saturated carbocycles. The van der Waals surface area contributed by atoms with Crippen LogP contribution >= 0.6 is 11.6 Å². The molecular weight excluding hydrogens is 174 g/mol. The predicted octanol–water partition coefficient (Wildman–Crippen LogP) is 2.22. The summed E-state index contributed by atoms with van der Waals surface area (Å²) >= 11 is 5.81. The van der Waals surface area contributed by atoms with E-state index in [0.29, 0.717) is 5.17 Å². The van der Waals surface area contributed by atoms with E-state index in [0.717, 1.165) is 37.8 Å². The van der Waals surface area contributed by atoms with Gasteiger partial charge in [0.15, 0.2) is 0 Å². The second kappa shape index (κ2) is 3.19. The van der Waals surface area contributed by atoms with E-state index < -0.39 is 0 Å². The average molecular weight is 186 g/mol. The Kier molecular flexibility index (Phi) is 2.20. The molecule has 1 unspecified atom stereocenters. The molecule has 2 rings (SSSR count). The predicted molar refractivity (Wildman–Crippen MR) is 49.4 cm³/mol. The number of halogens is 1. The maximum atomic E-state index is 9.60. The molecule has 2 aliphatic rings. The zero-order valence-electron chi connectivity index (χ0n) is 6.89. The third-order valence-electron chi connectivity index (χ3n) is 2.51. The first kappa shape index (κ1) is 8.27. The Morgan fingerprint density at radius 1 is 1.33 bits per heavy atom. The van der Waals surface area contributed by atoms with E-state index in [1.165, 1.54) is 5.57 Å². The van der Waals surface area contributed by atoms with Crippen LogP contribution < -0.4 is 0 Å². The average Bonchev–Trinajstić information content (AvgIpc) is 2.07. The van der Waals surface area contributed by atoms with Gasteiger partial charge in [-0.2, -0.15) is 0 Å². The molecule has 12 heavy (non-hydrogen) atoms. The van der Waals surface area contributed by atoms with Gasteiger partial charge in [-0.05, 0) is 31.3 Å². The molecule has 1 N–H and O–H groups in total. The molecule has 0 aromatic heterocycles. The summed E-state index contributed by atoms with van der Waals surface area (Å²) in [6, 6.07) is 0. The number of rotatable bonds is 0. The zero-order valence-corrected chi connectivity index (χ0v) is 7.64. The lowest BCUT2D eigenvalue weighted by molar-refractivity contribution is 0.186. The van der Waals surface area contributed by atoms with Crippen molar-refractivity contribution in [2.45, 2.75) is 38.2 Å². The van der Waals surface area contributed by atoms with E-state index >= 15 is 0 Å². The topological polar surface area (TPSA) is 32.6 Å². The summed E-state index contributed by atoms with van der Waals surface area (Å²) in [6.45, 7) is 0. The molecule has 2 nitrogen and oxygen atoms in total. The number of aliphatic hydroxyl groups excluding tert-OH is 1. The third-order valence-corrected chi connectivity index (χ3v) is 2.78. The fourth-order valence-corrected chi connectivity index (χ4v) is 2.04. The highest BCUT2D eigenvalue weighted by Crippen LogP contribution is 2.32. The Labute approximate surface area is 77.0 Å². The highest BCUT2D eigenvalue weighted by molar-refractivity contribution is 6.65. The van der Waals surface area contributed by atoms with Gasteiger partial charge >= 0.3 is 0 Å². The van der Waals surface area contributed by atoms with Gasteiger partial charge in [-0.15, -0.1) is 0 Å². The molecule has 0 bridgehead atoms. The molecule has 1 aliphatic heterocycles. The Morgan fingerprint density at radius 2 is 2.17 bits per heavy atom. The van der Waals surface area contributed by atoms with Crippen molar-refractivity contribution in [3.8, 4) is 0 Å². The van der Waals surface area contributed by atoms with Crippen LogP contribution in [0.5, 0.6) is 0 Å². The lowest BCUT2D eigenvalue weighted by Crippen LogP contribution is -2.19. The maximum absolute atomic E-state index is 9.60. The number of aliphatic imine (C=N–C) groups is 1. The van der Waals surface area contributed by atoms with Crippen LogP contribution in [-0.4, -0.2) is 16.4 Å². The molecule has 0 fully saturated rings. The van der Waals surface area contributed by atoms with Gasteiger partial charge in [-0.1, -0.05) is 11.6 Å². The Morgan fingerprint density at radius 3 is 3.00 bits per heavy atom. The minimum absolute atomic E-state index is 0.359. The molecule has 1 atom stereocenters. The van der Waals surface area contributed by atoms with Crippen molar-refractivity contribution in [3.63, 3.8) is 0 Å². The molecule has 3 heteroatoms. The molecule has 0 aromatic rings. The zero-order chi connectivity index (χ0) is 8.55. The first-order chi connectivity index (χ1) is 5.77. The fourth-order valence-electron chi connectivity index (χ4n) is 1.86. The maximum Gasteiger partial charge on any atom is 0.107 e. The van der Waals surface area contributed by atoms with Crippen molar-refractivity contribution in [1.82, 2.24) is 0 Å². The van der Waals surface area contributed by atoms with E-state index in [2.05, 4.69) is 4.99 Å². The second-order valence-electron chi connectivity index (χ2n) is 3.38. The van der Waals surface area contributed by atoms with Gasteiger partial charge in [0.05, 0.1) is 11.8 Å². The van der Waals surface area contributed by atoms with Crippen LogP contribution in [0, 0.1) is 0 Å². The minimum atomic E-state index is -0.359. The summed E-state index contributed by atoms with van der Waals surface area (Å²) in [7, 11) is 0. The monoisotopic (exact) mass is 185 g/mol. The van der Waals surface area contributed by atoms with Gasteiger partial charge in [-0.25, -0.2) is 4.99 Å². The Balaban J connectivity index is 2.31. The number of hydrogen-bond donors (Lipinski definition) is 1. The van der Waals surface area contributed by atoms with Crippen LogP contribution in [0.1, 0.15) is 32.1 Å². The van der Waals surface area contributed by atoms with Gasteiger partial charge in [-0.3, -0.25) is 0 Å². The summed E-state index contributed by atoms with van der Waals surface area (Å²) in [5.41, 5.74) is 2.18. The van der Waals surface area contributed by atoms with Crippen molar-refractivity contribution in [2.24, 2.45) is 4.99 Å². The van der Waals surface area contributed by atoms with Crippen LogP contribution in [0.4, 0.5) is 0 Å². The van der Waals surface area contributed by atoms with Gasteiger partial charge in [0.25, 0.3) is 0 Å². The van der Waals surface area contributed by atoms with Gasteiger partial charge < -0.3 is 5.11 Å². The van der Waals surface area contributed by atoms with Crippen LogP contribution in [-0.2, 0) is 0 Å². The summed E-state index contributed by atoms with van der Waals surface area (Å²) in [4.78, 5) is 4.20. The third kappa shape index (κ3) is 1.41. The molecular formula is C9H12ClNO. The van der Waals surface area contributed by atoms with Crippen LogP contribution in [0.15, 0.2) is 16.3 Å². The van der Waals surface area contributed by atoms with Crippen LogP contribution in [0.3, 0.4) is 0 Å². The largest absolute Gasteiger partial charge is 0.387 e. The van der Waals surface area contributed by atoms with Gasteiger partial charge in [0.1, 0.15) is 5.17 Å². The number of aliphatic hydroxyl groups is 1. The summed E-state index contributed by atoms with van der Waals surface area (Å²) in [6.07, 6.45) is 4.52. The Bertz CT molecular complexity index is 257. The first-order valence-electron chi connectivity index (χ1n) is 4.40. The number of allylic oxidation sites excluding steroid dienone is 1. The number of nitrogens with zero attached hydrogens (tertiary/aromatic N) is 1. The van der Waals surface area contributed by atoms with Crippen molar-refractivity contribution < 1.29 is 5.11 Å². The van der Waals surface area contributed by atoms with Crippen molar-refractivity contribution >= 4 is 16.8 Å². The highest BCUT2D eigenvalue weighted by Gasteiger charge is 2.23. The normalized spacial score (nSPS) is 29.8. The quantitative estimate of drug-likeness (QED) is 0.617. The van der Waals surface area contributed by atoms with Crippen molar-refractivity contribution in [2.75, 3.05) is 0 Å². The SMILES string of the molecule is OC1CCCC2=C1N=C(Cl)CC2. The molecule has 0 amide bonds. The van der Waals surface area contributed by atoms with E-state index in [1.54, 1.807) is 0 Å². The molecule has 0 aromatic carbocycles. The molecule has 66 valence electrons. The van der Waals surface area contributed by atoms with E-state index in [-0.39, 0.29) is 6.10 Å². The first-order valence-corrected chi connectivity index (χ1v) is 4.78. The summed E-state index contributed by atoms with van der Waals surface area (Å²) < 4.78 is 0. The fraction of sp³-hybridized carbons (Fsp3) is 0.667. The summed E-state index contributed by atoms with van der Waals surface area (Å²) in [5, 5.41) is 10.2. The smallest absolute Gasteiger partial charge is 0.107 e. The summed E-state index contributed by atoms with van der Waals surface area (Å²) in [5.74, 6) is 0. The number of hydrogen-bond acceptors (Lipinski definition) is 2. The Hall–Kier alpha value is -0.340. The van der Waals surface area contributed by atoms with Crippen LogP contribution in [0.25, 0.3) is 0 Å². The molecule has 0 saturated heterocycles. The molecule has 1 aliphatic carbocycles. The van der Waals surface area contributed by atoms with E-state index in [1.807, 2.05) is 0 Å².